The fourth-order valence-electron chi connectivity index (χ4n) is 1.97. The summed E-state index contributed by atoms with van der Waals surface area (Å²) < 4.78 is 12.9. The number of carbonyl (C=O) groups is 1. The molecule has 4 heteroatoms. The Labute approximate surface area is 129 Å². The minimum Gasteiger partial charge on any atom is -0.385 e. The molecule has 0 atom stereocenters. The molecule has 0 fully saturated rings. The molecule has 0 unspecified atom stereocenters. The summed E-state index contributed by atoms with van der Waals surface area (Å²) in [5, 5.41) is 6.02. The SMILES string of the molecule is C=C(NCCC)c1cccc(NC(=O)c2ccc(F)cc2)c1. The van der Waals surface area contributed by atoms with E-state index in [0.717, 1.165) is 24.2 Å². The third-order valence-electron chi connectivity index (χ3n) is 3.16. The zero-order valence-electron chi connectivity index (χ0n) is 12.5. The molecule has 114 valence electrons. The first kappa shape index (κ1) is 15.8. The van der Waals surface area contributed by atoms with E-state index in [2.05, 4.69) is 24.1 Å². The summed E-state index contributed by atoms with van der Waals surface area (Å²) in [7, 11) is 0. The van der Waals surface area contributed by atoms with Crippen molar-refractivity contribution in [1.82, 2.24) is 5.32 Å². The molecule has 1 amide bonds. The molecule has 0 saturated heterocycles. The van der Waals surface area contributed by atoms with Gasteiger partial charge in [0.15, 0.2) is 0 Å². The molecule has 0 spiro atoms. The number of anilines is 1. The van der Waals surface area contributed by atoms with Gasteiger partial charge in [0.25, 0.3) is 5.91 Å². The van der Waals surface area contributed by atoms with Gasteiger partial charge in [-0.15, -0.1) is 0 Å². The second-order valence-corrected chi connectivity index (χ2v) is 4.95. The van der Waals surface area contributed by atoms with Gasteiger partial charge in [-0.25, -0.2) is 4.39 Å². The van der Waals surface area contributed by atoms with Crippen LogP contribution in [0, 0.1) is 5.82 Å². The highest BCUT2D eigenvalue weighted by Gasteiger charge is 2.07. The number of hydrogen-bond acceptors (Lipinski definition) is 2. The highest BCUT2D eigenvalue weighted by Crippen LogP contribution is 2.17. The molecule has 3 nitrogen and oxygen atoms in total. The fourth-order valence-corrected chi connectivity index (χ4v) is 1.97. The van der Waals surface area contributed by atoms with Gasteiger partial charge in [-0.1, -0.05) is 25.6 Å². The first-order chi connectivity index (χ1) is 10.6. The average Bonchev–Trinajstić information content (AvgIpc) is 2.53. The molecule has 2 aromatic carbocycles. The molecular formula is C18H19FN2O. The van der Waals surface area contributed by atoms with Crippen molar-refractivity contribution in [1.29, 1.82) is 0 Å². The number of rotatable bonds is 6. The summed E-state index contributed by atoms with van der Waals surface area (Å²) in [6.07, 6.45) is 1.01. The molecule has 0 saturated carbocycles. The Balaban J connectivity index is 2.08. The Morgan fingerprint density at radius 3 is 2.55 bits per heavy atom. The number of amides is 1. The van der Waals surface area contributed by atoms with E-state index in [4.69, 9.17) is 0 Å². The highest BCUT2D eigenvalue weighted by molar-refractivity contribution is 6.04. The lowest BCUT2D eigenvalue weighted by Crippen LogP contribution is -2.14. The Morgan fingerprint density at radius 2 is 1.86 bits per heavy atom. The summed E-state index contributed by atoms with van der Waals surface area (Å²) in [6, 6.07) is 12.9. The summed E-state index contributed by atoms with van der Waals surface area (Å²) in [4.78, 5) is 12.1. The zero-order chi connectivity index (χ0) is 15.9. The lowest BCUT2D eigenvalue weighted by Gasteiger charge is -2.11. The van der Waals surface area contributed by atoms with E-state index in [9.17, 15) is 9.18 Å². The average molecular weight is 298 g/mol. The number of hydrogen-bond donors (Lipinski definition) is 2. The molecular weight excluding hydrogens is 279 g/mol. The molecule has 0 aromatic heterocycles. The molecule has 0 aliphatic heterocycles. The number of benzene rings is 2. The first-order valence-electron chi connectivity index (χ1n) is 7.20. The van der Waals surface area contributed by atoms with E-state index in [-0.39, 0.29) is 11.7 Å². The van der Waals surface area contributed by atoms with Crippen LogP contribution in [0.5, 0.6) is 0 Å². The van der Waals surface area contributed by atoms with Crippen LogP contribution in [0.1, 0.15) is 29.3 Å². The maximum absolute atomic E-state index is 12.9. The Bertz CT molecular complexity index is 665. The van der Waals surface area contributed by atoms with Crippen LogP contribution < -0.4 is 10.6 Å². The third kappa shape index (κ3) is 4.19. The molecule has 0 aliphatic rings. The lowest BCUT2D eigenvalue weighted by molar-refractivity contribution is 0.102. The van der Waals surface area contributed by atoms with Crippen LogP contribution in [0.15, 0.2) is 55.1 Å². The van der Waals surface area contributed by atoms with Crippen molar-refractivity contribution in [2.75, 3.05) is 11.9 Å². The van der Waals surface area contributed by atoms with Crippen LogP contribution in [0.4, 0.5) is 10.1 Å². The molecule has 2 aromatic rings. The summed E-state index contributed by atoms with van der Waals surface area (Å²) in [6.45, 7) is 6.92. The van der Waals surface area contributed by atoms with Crippen molar-refractivity contribution >= 4 is 17.3 Å². The minimum atomic E-state index is -0.364. The number of nitrogens with one attached hydrogen (secondary N) is 2. The van der Waals surface area contributed by atoms with Crippen LogP contribution >= 0.6 is 0 Å². The predicted molar refractivity (Wildman–Crippen MR) is 88.1 cm³/mol. The number of carbonyl (C=O) groups excluding carboxylic acids is 1. The topological polar surface area (TPSA) is 41.1 Å². The molecule has 0 heterocycles. The predicted octanol–water partition coefficient (Wildman–Crippen LogP) is 4.05. The van der Waals surface area contributed by atoms with E-state index < -0.39 is 0 Å². The van der Waals surface area contributed by atoms with E-state index in [0.29, 0.717) is 11.3 Å². The van der Waals surface area contributed by atoms with E-state index in [1.54, 1.807) is 6.07 Å². The van der Waals surface area contributed by atoms with Crippen molar-refractivity contribution in [3.8, 4) is 0 Å². The monoisotopic (exact) mass is 298 g/mol. The van der Waals surface area contributed by atoms with Gasteiger partial charge in [0.1, 0.15) is 5.82 Å². The largest absolute Gasteiger partial charge is 0.385 e. The molecule has 0 radical (unpaired) electrons. The standard InChI is InChI=1S/C18H19FN2O/c1-3-11-20-13(2)15-5-4-6-17(12-15)21-18(22)14-7-9-16(19)10-8-14/h4-10,12,20H,2-3,11H2,1H3,(H,21,22). The van der Waals surface area contributed by atoms with Crippen LogP contribution in [-0.4, -0.2) is 12.5 Å². The van der Waals surface area contributed by atoms with E-state index >= 15 is 0 Å². The molecule has 2 rings (SSSR count). The van der Waals surface area contributed by atoms with Gasteiger partial charge >= 0.3 is 0 Å². The van der Waals surface area contributed by atoms with Gasteiger partial charge in [-0.3, -0.25) is 4.79 Å². The van der Waals surface area contributed by atoms with Gasteiger partial charge in [0, 0.05) is 23.5 Å². The highest BCUT2D eigenvalue weighted by atomic mass is 19.1. The molecule has 0 aliphatic carbocycles. The lowest BCUT2D eigenvalue weighted by atomic mass is 10.1. The zero-order valence-corrected chi connectivity index (χ0v) is 12.5. The summed E-state index contributed by atoms with van der Waals surface area (Å²) in [5.41, 5.74) is 2.83. The van der Waals surface area contributed by atoms with Crippen molar-refractivity contribution in [2.24, 2.45) is 0 Å². The third-order valence-corrected chi connectivity index (χ3v) is 3.16. The van der Waals surface area contributed by atoms with Crippen molar-refractivity contribution in [3.05, 3.63) is 72.1 Å². The second kappa shape index (κ2) is 7.41. The van der Waals surface area contributed by atoms with Gasteiger partial charge in [0.05, 0.1) is 0 Å². The van der Waals surface area contributed by atoms with E-state index in [1.807, 2.05) is 18.2 Å². The molecule has 0 bridgehead atoms. The first-order valence-corrected chi connectivity index (χ1v) is 7.20. The van der Waals surface area contributed by atoms with Gasteiger partial charge < -0.3 is 10.6 Å². The second-order valence-electron chi connectivity index (χ2n) is 4.95. The normalized spacial score (nSPS) is 10.1. The van der Waals surface area contributed by atoms with Gasteiger partial charge in [0.2, 0.25) is 0 Å². The number of halogens is 1. The Morgan fingerprint density at radius 1 is 1.14 bits per heavy atom. The fraction of sp³-hybridized carbons (Fsp3) is 0.167. The summed E-state index contributed by atoms with van der Waals surface area (Å²) >= 11 is 0. The Hall–Kier alpha value is -2.62. The molecule has 22 heavy (non-hydrogen) atoms. The maximum atomic E-state index is 12.9. The van der Waals surface area contributed by atoms with Crippen molar-refractivity contribution < 1.29 is 9.18 Å². The quantitative estimate of drug-likeness (QED) is 0.844. The van der Waals surface area contributed by atoms with Crippen molar-refractivity contribution in [3.63, 3.8) is 0 Å². The maximum Gasteiger partial charge on any atom is 0.255 e. The smallest absolute Gasteiger partial charge is 0.255 e. The summed E-state index contributed by atoms with van der Waals surface area (Å²) in [5.74, 6) is -0.638. The van der Waals surface area contributed by atoms with E-state index in [1.165, 1.54) is 24.3 Å². The van der Waals surface area contributed by atoms with Crippen LogP contribution in [0.3, 0.4) is 0 Å². The van der Waals surface area contributed by atoms with Gasteiger partial charge in [-0.05, 0) is 48.4 Å². The van der Waals surface area contributed by atoms with Crippen LogP contribution in [-0.2, 0) is 0 Å². The van der Waals surface area contributed by atoms with Gasteiger partial charge in [-0.2, -0.15) is 0 Å². The molecule has 2 N–H and O–H groups in total. The van der Waals surface area contributed by atoms with Crippen molar-refractivity contribution in [2.45, 2.75) is 13.3 Å². The van der Waals surface area contributed by atoms with Crippen LogP contribution in [0.2, 0.25) is 0 Å². The van der Waals surface area contributed by atoms with Crippen LogP contribution in [0.25, 0.3) is 5.70 Å². The minimum absolute atomic E-state index is 0.274. The Kier molecular flexibility index (Phi) is 5.31.